The molecule has 1 aromatic rings. The van der Waals surface area contributed by atoms with E-state index in [1.807, 2.05) is 38.1 Å². The predicted octanol–water partition coefficient (Wildman–Crippen LogP) is 1.29. The number of amides is 1. The van der Waals surface area contributed by atoms with Crippen molar-refractivity contribution in [3.05, 3.63) is 29.8 Å². The zero-order chi connectivity index (χ0) is 12.7. The Labute approximate surface area is 102 Å². The number of rotatable bonds is 6. The van der Waals surface area contributed by atoms with Crippen molar-refractivity contribution < 1.29 is 9.90 Å². The van der Waals surface area contributed by atoms with Gasteiger partial charge in [-0.2, -0.15) is 0 Å². The van der Waals surface area contributed by atoms with Crippen LogP contribution in [0.25, 0.3) is 0 Å². The molecular weight excluding hydrogens is 216 g/mol. The molecule has 0 bridgehead atoms. The van der Waals surface area contributed by atoms with Crippen LogP contribution >= 0.6 is 0 Å². The Balaban J connectivity index is 2.34. The van der Waals surface area contributed by atoms with Crippen molar-refractivity contribution >= 4 is 11.6 Å². The second kappa shape index (κ2) is 7.04. The van der Waals surface area contributed by atoms with Crippen LogP contribution in [0, 0.1) is 6.92 Å². The van der Waals surface area contributed by atoms with Gasteiger partial charge in [-0.3, -0.25) is 4.79 Å². The number of benzene rings is 1. The number of aryl methyl sites for hydroxylation is 1. The zero-order valence-electron chi connectivity index (χ0n) is 10.4. The molecule has 4 heteroatoms. The fourth-order valence-corrected chi connectivity index (χ4v) is 1.49. The molecule has 0 radical (unpaired) electrons. The maximum absolute atomic E-state index is 11.6. The van der Waals surface area contributed by atoms with Gasteiger partial charge in [0.15, 0.2) is 0 Å². The van der Waals surface area contributed by atoms with Crippen LogP contribution in [0.4, 0.5) is 5.69 Å². The lowest BCUT2D eigenvalue weighted by atomic mass is 10.2. The van der Waals surface area contributed by atoms with Crippen molar-refractivity contribution in [2.75, 3.05) is 18.5 Å². The van der Waals surface area contributed by atoms with Crippen molar-refractivity contribution in [2.24, 2.45) is 0 Å². The molecule has 1 rings (SSSR count). The highest BCUT2D eigenvalue weighted by Crippen LogP contribution is 2.08. The molecule has 0 heterocycles. The number of aliphatic hydroxyl groups excluding tert-OH is 1. The largest absolute Gasteiger partial charge is 0.396 e. The van der Waals surface area contributed by atoms with Crippen molar-refractivity contribution in [2.45, 2.75) is 26.3 Å². The standard InChI is InChI=1S/C13H20N2O2/c1-10-4-3-5-12(8-10)15-13(17)9-14-11(2)6-7-16/h3-5,8,11,14,16H,6-7,9H2,1-2H3,(H,15,17). The summed E-state index contributed by atoms with van der Waals surface area (Å²) in [4.78, 5) is 11.6. The van der Waals surface area contributed by atoms with E-state index in [1.165, 1.54) is 0 Å². The first kappa shape index (κ1) is 13.7. The van der Waals surface area contributed by atoms with Crippen molar-refractivity contribution in [1.29, 1.82) is 0 Å². The van der Waals surface area contributed by atoms with Crippen LogP contribution in [0.1, 0.15) is 18.9 Å². The average Bonchev–Trinajstić information content (AvgIpc) is 2.27. The lowest BCUT2D eigenvalue weighted by Gasteiger charge is -2.12. The van der Waals surface area contributed by atoms with Crippen LogP contribution in [0.2, 0.25) is 0 Å². The minimum atomic E-state index is -0.0691. The highest BCUT2D eigenvalue weighted by atomic mass is 16.3. The summed E-state index contributed by atoms with van der Waals surface area (Å²) < 4.78 is 0. The van der Waals surface area contributed by atoms with E-state index in [9.17, 15) is 4.79 Å². The van der Waals surface area contributed by atoms with E-state index in [0.29, 0.717) is 6.42 Å². The minimum absolute atomic E-state index is 0.0691. The molecule has 0 aliphatic rings. The van der Waals surface area contributed by atoms with Crippen molar-refractivity contribution in [1.82, 2.24) is 5.32 Å². The van der Waals surface area contributed by atoms with E-state index in [-0.39, 0.29) is 25.1 Å². The molecule has 17 heavy (non-hydrogen) atoms. The summed E-state index contributed by atoms with van der Waals surface area (Å²) in [7, 11) is 0. The third-order valence-corrected chi connectivity index (χ3v) is 2.48. The zero-order valence-corrected chi connectivity index (χ0v) is 10.4. The molecule has 0 aromatic heterocycles. The van der Waals surface area contributed by atoms with Crippen LogP contribution in [-0.4, -0.2) is 30.2 Å². The molecular formula is C13H20N2O2. The van der Waals surface area contributed by atoms with E-state index in [1.54, 1.807) is 0 Å². The molecule has 0 fully saturated rings. The Morgan fingerprint density at radius 2 is 2.24 bits per heavy atom. The van der Waals surface area contributed by atoms with Gasteiger partial charge in [-0.25, -0.2) is 0 Å². The lowest BCUT2D eigenvalue weighted by molar-refractivity contribution is -0.115. The number of hydrogen-bond donors (Lipinski definition) is 3. The van der Waals surface area contributed by atoms with E-state index in [2.05, 4.69) is 10.6 Å². The first-order valence-corrected chi connectivity index (χ1v) is 5.82. The molecule has 1 unspecified atom stereocenters. The lowest BCUT2D eigenvalue weighted by Crippen LogP contribution is -2.34. The number of anilines is 1. The molecule has 0 aliphatic carbocycles. The van der Waals surface area contributed by atoms with E-state index in [4.69, 9.17) is 5.11 Å². The molecule has 4 nitrogen and oxygen atoms in total. The summed E-state index contributed by atoms with van der Waals surface area (Å²) in [6.07, 6.45) is 0.651. The van der Waals surface area contributed by atoms with Gasteiger partial charge < -0.3 is 15.7 Å². The molecule has 0 saturated heterocycles. The molecule has 1 atom stereocenters. The fourth-order valence-electron chi connectivity index (χ4n) is 1.49. The molecule has 0 spiro atoms. The Morgan fingerprint density at radius 3 is 2.88 bits per heavy atom. The Bertz CT molecular complexity index is 366. The second-order valence-electron chi connectivity index (χ2n) is 4.21. The summed E-state index contributed by atoms with van der Waals surface area (Å²) in [6, 6.07) is 7.82. The molecule has 1 aromatic carbocycles. The van der Waals surface area contributed by atoms with Gasteiger partial charge >= 0.3 is 0 Å². The first-order valence-electron chi connectivity index (χ1n) is 5.82. The number of aliphatic hydroxyl groups is 1. The van der Waals surface area contributed by atoms with Crippen LogP contribution in [0.15, 0.2) is 24.3 Å². The van der Waals surface area contributed by atoms with Gasteiger partial charge in [0.1, 0.15) is 0 Å². The Hall–Kier alpha value is -1.39. The van der Waals surface area contributed by atoms with Crippen LogP contribution in [0.3, 0.4) is 0 Å². The maximum atomic E-state index is 11.6. The van der Waals surface area contributed by atoms with Crippen LogP contribution in [-0.2, 0) is 4.79 Å². The number of nitrogens with one attached hydrogen (secondary N) is 2. The summed E-state index contributed by atoms with van der Waals surface area (Å²) >= 11 is 0. The van der Waals surface area contributed by atoms with Gasteiger partial charge in [0, 0.05) is 18.3 Å². The molecule has 0 saturated carbocycles. The van der Waals surface area contributed by atoms with E-state index in [0.717, 1.165) is 11.3 Å². The summed E-state index contributed by atoms with van der Waals surface area (Å²) in [5.74, 6) is -0.0691. The first-order chi connectivity index (χ1) is 8.11. The van der Waals surface area contributed by atoms with Gasteiger partial charge in [-0.05, 0) is 38.0 Å². The van der Waals surface area contributed by atoms with E-state index >= 15 is 0 Å². The van der Waals surface area contributed by atoms with E-state index < -0.39 is 0 Å². The Morgan fingerprint density at radius 1 is 1.47 bits per heavy atom. The molecule has 3 N–H and O–H groups in total. The maximum Gasteiger partial charge on any atom is 0.238 e. The van der Waals surface area contributed by atoms with Crippen molar-refractivity contribution in [3.63, 3.8) is 0 Å². The smallest absolute Gasteiger partial charge is 0.238 e. The van der Waals surface area contributed by atoms with Gasteiger partial charge in [0.25, 0.3) is 0 Å². The van der Waals surface area contributed by atoms with Crippen LogP contribution in [0.5, 0.6) is 0 Å². The number of carbonyl (C=O) groups is 1. The SMILES string of the molecule is Cc1cccc(NC(=O)CNC(C)CCO)c1. The van der Waals surface area contributed by atoms with Crippen LogP contribution < -0.4 is 10.6 Å². The quantitative estimate of drug-likeness (QED) is 0.697. The summed E-state index contributed by atoms with van der Waals surface area (Å²) in [5.41, 5.74) is 1.93. The fraction of sp³-hybridized carbons (Fsp3) is 0.462. The normalized spacial score (nSPS) is 12.2. The summed E-state index contributed by atoms with van der Waals surface area (Å²) in [5, 5.41) is 14.6. The van der Waals surface area contributed by atoms with Crippen molar-refractivity contribution in [3.8, 4) is 0 Å². The second-order valence-corrected chi connectivity index (χ2v) is 4.21. The van der Waals surface area contributed by atoms with Gasteiger partial charge in [-0.15, -0.1) is 0 Å². The number of carbonyl (C=O) groups excluding carboxylic acids is 1. The van der Waals surface area contributed by atoms with Gasteiger partial charge in [0.05, 0.1) is 6.54 Å². The van der Waals surface area contributed by atoms with Gasteiger partial charge in [0.2, 0.25) is 5.91 Å². The topological polar surface area (TPSA) is 61.4 Å². The molecule has 94 valence electrons. The molecule has 1 amide bonds. The third kappa shape index (κ3) is 5.47. The Kier molecular flexibility index (Phi) is 5.66. The summed E-state index contributed by atoms with van der Waals surface area (Å²) in [6.45, 7) is 4.32. The number of hydrogen-bond acceptors (Lipinski definition) is 3. The minimum Gasteiger partial charge on any atom is -0.396 e. The average molecular weight is 236 g/mol. The highest BCUT2D eigenvalue weighted by molar-refractivity contribution is 5.92. The monoisotopic (exact) mass is 236 g/mol. The highest BCUT2D eigenvalue weighted by Gasteiger charge is 2.05. The molecule has 0 aliphatic heterocycles. The van der Waals surface area contributed by atoms with Gasteiger partial charge in [-0.1, -0.05) is 12.1 Å². The predicted molar refractivity (Wildman–Crippen MR) is 69.0 cm³/mol. The third-order valence-electron chi connectivity index (χ3n) is 2.48.